The van der Waals surface area contributed by atoms with Crippen molar-refractivity contribution in [3.8, 4) is 0 Å². The number of rotatable bonds is 6. The molecule has 0 saturated heterocycles. The van der Waals surface area contributed by atoms with Crippen LogP contribution in [0.2, 0.25) is 0 Å². The Morgan fingerprint density at radius 3 is 1.42 bits per heavy atom. The molecule has 0 bridgehead atoms. The lowest BCUT2D eigenvalue weighted by Gasteiger charge is -2.07. The molecule has 3 rings (SSSR count). The third-order valence-corrected chi connectivity index (χ3v) is 4.19. The Hall–Kier alpha value is -2.50. The summed E-state index contributed by atoms with van der Waals surface area (Å²) >= 11 is 0. The lowest BCUT2D eigenvalue weighted by Crippen LogP contribution is -2.17. The van der Waals surface area contributed by atoms with Gasteiger partial charge in [0.1, 0.15) is 13.2 Å². The number of nitrogens with zero attached hydrogens (tertiary/aromatic N) is 2. The summed E-state index contributed by atoms with van der Waals surface area (Å²) in [4.78, 5) is 33.5. The van der Waals surface area contributed by atoms with Crippen LogP contribution >= 0.6 is 0 Å². The second-order valence-corrected chi connectivity index (χ2v) is 7.99. The molecule has 6 nitrogen and oxygen atoms in total. The first-order chi connectivity index (χ1) is 12.1. The Morgan fingerprint density at radius 1 is 0.808 bits per heavy atom. The number of benzene rings is 1. The van der Waals surface area contributed by atoms with Crippen LogP contribution in [0, 0.1) is 0 Å². The molecule has 1 aromatic rings. The van der Waals surface area contributed by atoms with Crippen molar-refractivity contribution < 1.29 is 19.1 Å². The van der Waals surface area contributed by atoms with E-state index in [-0.39, 0.29) is 35.5 Å². The van der Waals surface area contributed by atoms with E-state index in [2.05, 4.69) is 9.98 Å². The fourth-order valence-corrected chi connectivity index (χ4v) is 2.83. The predicted molar refractivity (Wildman–Crippen MR) is 99.3 cm³/mol. The van der Waals surface area contributed by atoms with Crippen molar-refractivity contribution in [2.75, 3.05) is 13.2 Å². The normalized spacial score (nSPS) is 20.0. The van der Waals surface area contributed by atoms with Crippen LogP contribution in [0.5, 0.6) is 0 Å². The average Bonchev–Trinajstić information content (AvgIpc) is 3.08. The number of Topliss-reactive ketones (excluding diaryl/α,β-unsaturated/α-hetero) is 2. The molecule has 0 N–H and O–H groups in total. The fourth-order valence-electron chi connectivity index (χ4n) is 2.83. The quantitative estimate of drug-likeness (QED) is 0.733. The van der Waals surface area contributed by atoms with Crippen molar-refractivity contribution in [2.24, 2.45) is 9.98 Å². The average molecular weight is 356 g/mol. The monoisotopic (exact) mass is 356 g/mol. The highest BCUT2D eigenvalue weighted by Crippen LogP contribution is 2.21. The summed E-state index contributed by atoms with van der Waals surface area (Å²) in [5.74, 6) is 0.787. The molecule has 0 aliphatic carbocycles. The van der Waals surface area contributed by atoms with E-state index in [4.69, 9.17) is 9.47 Å². The highest BCUT2D eigenvalue weighted by Gasteiger charge is 2.28. The zero-order chi connectivity index (χ0) is 18.9. The summed E-state index contributed by atoms with van der Waals surface area (Å²) in [6.07, 6.45) is 0.271. The van der Waals surface area contributed by atoms with Crippen molar-refractivity contribution in [1.82, 2.24) is 0 Å². The SMILES string of the molecule is CC1(C)COC(CC(=O)c2ccc(C(=O)CC3=NC(C)(C)CO3)cc2)=N1. The fraction of sp³-hybridized carbons (Fsp3) is 0.500. The summed E-state index contributed by atoms with van der Waals surface area (Å²) in [7, 11) is 0. The van der Waals surface area contributed by atoms with Gasteiger partial charge in [-0.2, -0.15) is 0 Å². The Balaban J connectivity index is 1.61. The molecule has 0 atom stereocenters. The summed E-state index contributed by atoms with van der Waals surface area (Å²) in [6.45, 7) is 8.83. The first-order valence-corrected chi connectivity index (χ1v) is 8.73. The van der Waals surface area contributed by atoms with Gasteiger partial charge in [0.05, 0.1) is 23.9 Å². The van der Waals surface area contributed by atoms with E-state index >= 15 is 0 Å². The van der Waals surface area contributed by atoms with Gasteiger partial charge in [0, 0.05) is 11.1 Å². The maximum Gasteiger partial charge on any atom is 0.191 e. The van der Waals surface area contributed by atoms with Gasteiger partial charge in [-0.1, -0.05) is 24.3 Å². The largest absolute Gasteiger partial charge is 0.478 e. The van der Waals surface area contributed by atoms with E-state index in [0.717, 1.165) is 0 Å². The van der Waals surface area contributed by atoms with E-state index in [0.29, 0.717) is 36.1 Å². The smallest absolute Gasteiger partial charge is 0.191 e. The van der Waals surface area contributed by atoms with Gasteiger partial charge in [0.2, 0.25) is 0 Å². The Labute approximate surface area is 153 Å². The van der Waals surface area contributed by atoms with Gasteiger partial charge in [-0.15, -0.1) is 0 Å². The number of hydrogen-bond donors (Lipinski definition) is 0. The maximum atomic E-state index is 12.4. The van der Waals surface area contributed by atoms with E-state index < -0.39 is 0 Å². The first kappa shape index (κ1) is 18.3. The molecule has 2 heterocycles. The topological polar surface area (TPSA) is 77.3 Å². The van der Waals surface area contributed by atoms with E-state index in [9.17, 15) is 9.59 Å². The number of carbonyl (C=O) groups excluding carboxylic acids is 2. The lowest BCUT2D eigenvalue weighted by atomic mass is 10.0. The number of aliphatic imine (C=N–C) groups is 2. The molecule has 0 spiro atoms. The van der Waals surface area contributed by atoms with Gasteiger partial charge in [-0.05, 0) is 27.7 Å². The Bertz CT molecular complexity index is 722. The van der Waals surface area contributed by atoms with Crippen LogP contribution < -0.4 is 0 Å². The van der Waals surface area contributed by atoms with Crippen LogP contribution in [-0.4, -0.2) is 47.7 Å². The zero-order valence-electron chi connectivity index (χ0n) is 15.7. The van der Waals surface area contributed by atoms with Gasteiger partial charge in [0.25, 0.3) is 0 Å². The standard InChI is InChI=1S/C20H24N2O4/c1-19(2)11-25-17(21-19)9-15(23)13-5-7-14(8-6-13)16(24)10-18-22-20(3,4)12-26-18/h5-8H,9-12H2,1-4H3. The first-order valence-electron chi connectivity index (χ1n) is 8.73. The third-order valence-electron chi connectivity index (χ3n) is 4.19. The van der Waals surface area contributed by atoms with Crippen LogP contribution in [0.1, 0.15) is 61.3 Å². The van der Waals surface area contributed by atoms with Gasteiger partial charge in [-0.25, -0.2) is 9.98 Å². The summed E-state index contributed by atoms with van der Waals surface area (Å²) in [6, 6.07) is 6.66. The molecule has 138 valence electrons. The van der Waals surface area contributed by atoms with Crippen LogP contribution in [0.15, 0.2) is 34.3 Å². The van der Waals surface area contributed by atoms with Crippen molar-refractivity contribution in [1.29, 1.82) is 0 Å². The Morgan fingerprint density at radius 2 is 1.15 bits per heavy atom. The van der Waals surface area contributed by atoms with E-state index in [1.54, 1.807) is 24.3 Å². The summed E-state index contributed by atoms with van der Waals surface area (Å²) in [5, 5.41) is 0. The molecular formula is C20H24N2O4. The highest BCUT2D eigenvalue weighted by molar-refractivity contribution is 6.10. The minimum absolute atomic E-state index is 0.0781. The van der Waals surface area contributed by atoms with Crippen LogP contribution in [-0.2, 0) is 9.47 Å². The molecule has 0 radical (unpaired) electrons. The van der Waals surface area contributed by atoms with Crippen LogP contribution in [0.25, 0.3) is 0 Å². The molecule has 0 saturated carbocycles. The molecule has 6 heteroatoms. The number of ketones is 2. The summed E-state index contributed by atoms with van der Waals surface area (Å²) < 4.78 is 10.9. The van der Waals surface area contributed by atoms with E-state index in [1.807, 2.05) is 27.7 Å². The van der Waals surface area contributed by atoms with Crippen molar-refractivity contribution in [3.05, 3.63) is 35.4 Å². The maximum absolute atomic E-state index is 12.4. The molecule has 26 heavy (non-hydrogen) atoms. The minimum Gasteiger partial charge on any atom is -0.478 e. The third kappa shape index (κ3) is 4.36. The Kier molecular flexibility index (Phi) is 4.69. The zero-order valence-corrected chi connectivity index (χ0v) is 15.7. The van der Waals surface area contributed by atoms with Gasteiger partial charge in [-0.3, -0.25) is 9.59 Å². The predicted octanol–water partition coefficient (Wildman–Crippen LogP) is 3.25. The molecule has 2 aliphatic rings. The molecule has 0 aromatic heterocycles. The number of carbonyl (C=O) groups is 2. The van der Waals surface area contributed by atoms with E-state index in [1.165, 1.54) is 0 Å². The molecule has 0 fully saturated rings. The molecule has 2 aliphatic heterocycles. The highest BCUT2D eigenvalue weighted by atomic mass is 16.5. The molecule has 0 unspecified atom stereocenters. The lowest BCUT2D eigenvalue weighted by molar-refractivity contribution is 0.0982. The van der Waals surface area contributed by atoms with Gasteiger partial charge >= 0.3 is 0 Å². The number of hydrogen-bond acceptors (Lipinski definition) is 6. The van der Waals surface area contributed by atoms with Gasteiger partial charge in [0.15, 0.2) is 23.4 Å². The summed E-state index contributed by atoms with van der Waals surface area (Å²) in [5.41, 5.74) is 0.526. The molecular weight excluding hydrogens is 332 g/mol. The molecule has 0 amide bonds. The van der Waals surface area contributed by atoms with Crippen molar-refractivity contribution >= 4 is 23.4 Å². The second kappa shape index (κ2) is 6.67. The number of ether oxygens (including phenoxy) is 2. The second-order valence-electron chi connectivity index (χ2n) is 7.99. The minimum atomic E-state index is -0.272. The van der Waals surface area contributed by atoms with Crippen LogP contribution in [0.3, 0.4) is 0 Å². The van der Waals surface area contributed by atoms with Crippen molar-refractivity contribution in [2.45, 2.75) is 51.6 Å². The van der Waals surface area contributed by atoms with Crippen molar-refractivity contribution in [3.63, 3.8) is 0 Å². The van der Waals surface area contributed by atoms with Crippen LogP contribution in [0.4, 0.5) is 0 Å². The molecule has 1 aromatic carbocycles. The van der Waals surface area contributed by atoms with Gasteiger partial charge < -0.3 is 9.47 Å².